The molecule has 2 N–H and O–H groups in total. The van der Waals surface area contributed by atoms with Crippen LogP contribution in [0.1, 0.15) is 18.1 Å². The Morgan fingerprint density at radius 2 is 1.88 bits per heavy atom. The van der Waals surface area contributed by atoms with Crippen LogP contribution in [-0.4, -0.2) is 18.9 Å². The minimum Gasteiger partial charge on any atom is -0.490 e. The molecule has 0 aromatic heterocycles. The van der Waals surface area contributed by atoms with Gasteiger partial charge in [-0.3, -0.25) is 0 Å². The highest BCUT2D eigenvalue weighted by molar-refractivity contribution is 9.10. The molecule has 6 nitrogen and oxygen atoms in total. The van der Waals surface area contributed by atoms with E-state index in [1.54, 1.807) is 30.3 Å². The normalized spacial score (nSPS) is 10.8. The lowest BCUT2D eigenvalue weighted by atomic mass is 10.2. The molecule has 0 heterocycles. The quantitative estimate of drug-likeness (QED) is 0.243. The van der Waals surface area contributed by atoms with Crippen LogP contribution in [-0.2, 0) is 6.61 Å². The molecule has 0 radical (unpaired) electrons. The molecule has 0 aliphatic heterocycles. The van der Waals surface area contributed by atoms with Crippen LogP contribution in [0, 0.1) is 0 Å². The van der Waals surface area contributed by atoms with Gasteiger partial charge in [-0.2, -0.15) is 5.10 Å². The second-order valence-electron chi connectivity index (χ2n) is 6.48. The Bertz CT molecular complexity index is 1110. The molecule has 166 valence electrons. The SMILES string of the molecule is CCOc1cc(C=NNC(=O)Nc2ccccc2)cc(Br)c1OCc1ccc(Cl)cc1Cl. The number of hydrazone groups is 1. The third-order valence-corrected chi connectivity index (χ3v) is 5.31. The lowest BCUT2D eigenvalue weighted by Crippen LogP contribution is -2.24. The Morgan fingerprint density at radius 1 is 1.09 bits per heavy atom. The number of nitrogens with one attached hydrogen (secondary N) is 2. The molecule has 0 fully saturated rings. The second kappa shape index (κ2) is 11.8. The van der Waals surface area contributed by atoms with Crippen LogP contribution in [0.3, 0.4) is 0 Å². The van der Waals surface area contributed by atoms with Crippen molar-refractivity contribution < 1.29 is 14.3 Å². The smallest absolute Gasteiger partial charge is 0.339 e. The summed E-state index contributed by atoms with van der Waals surface area (Å²) in [5.74, 6) is 1.06. The van der Waals surface area contributed by atoms with E-state index in [4.69, 9.17) is 32.7 Å². The number of halogens is 3. The van der Waals surface area contributed by atoms with E-state index in [1.807, 2.05) is 37.3 Å². The molecule has 0 bridgehead atoms. The van der Waals surface area contributed by atoms with E-state index in [0.29, 0.717) is 43.9 Å². The summed E-state index contributed by atoms with van der Waals surface area (Å²) in [4.78, 5) is 12.0. The highest BCUT2D eigenvalue weighted by Crippen LogP contribution is 2.37. The van der Waals surface area contributed by atoms with Crippen molar-refractivity contribution in [2.45, 2.75) is 13.5 Å². The van der Waals surface area contributed by atoms with Gasteiger partial charge in [0, 0.05) is 21.3 Å². The molecule has 0 aliphatic rings. The highest BCUT2D eigenvalue weighted by atomic mass is 79.9. The van der Waals surface area contributed by atoms with Gasteiger partial charge in [0.15, 0.2) is 11.5 Å². The van der Waals surface area contributed by atoms with Crippen molar-refractivity contribution in [2.75, 3.05) is 11.9 Å². The summed E-state index contributed by atoms with van der Waals surface area (Å²) in [6.07, 6.45) is 1.51. The molecule has 3 rings (SSSR count). The van der Waals surface area contributed by atoms with Crippen LogP contribution in [0.4, 0.5) is 10.5 Å². The topological polar surface area (TPSA) is 72.0 Å². The first-order valence-electron chi connectivity index (χ1n) is 9.64. The van der Waals surface area contributed by atoms with Gasteiger partial charge in [-0.25, -0.2) is 10.2 Å². The Hall–Kier alpha value is -2.74. The van der Waals surface area contributed by atoms with Crippen molar-refractivity contribution >= 4 is 57.1 Å². The van der Waals surface area contributed by atoms with Crippen molar-refractivity contribution in [1.29, 1.82) is 0 Å². The van der Waals surface area contributed by atoms with Crippen molar-refractivity contribution in [2.24, 2.45) is 5.10 Å². The molecule has 0 saturated carbocycles. The number of carbonyl (C=O) groups is 1. The fraction of sp³-hybridized carbons (Fsp3) is 0.130. The number of hydrogen-bond donors (Lipinski definition) is 2. The summed E-state index contributed by atoms with van der Waals surface area (Å²) >= 11 is 15.7. The number of nitrogens with zero attached hydrogens (tertiary/aromatic N) is 1. The second-order valence-corrected chi connectivity index (χ2v) is 8.18. The van der Waals surface area contributed by atoms with Crippen LogP contribution in [0.15, 0.2) is 70.2 Å². The Kier molecular flexibility index (Phi) is 8.79. The van der Waals surface area contributed by atoms with Gasteiger partial charge in [0.2, 0.25) is 0 Å². The first-order chi connectivity index (χ1) is 15.5. The molecule has 0 aliphatic carbocycles. The first kappa shape index (κ1) is 23.9. The van der Waals surface area contributed by atoms with Crippen molar-refractivity contribution in [1.82, 2.24) is 5.43 Å². The lowest BCUT2D eigenvalue weighted by Gasteiger charge is -2.15. The number of hydrogen-bond acceptors (Lipinski definition) is 4. The van der Waals surface area contributed by atoms with Gasteiger partial charge in [-0.15, -0.1) is 0 Å². The number of amides is 2. The maximum Gasteiger partial charge on any atom is 0.339 e. The third-order valence-electron chi connectivity index (χ3n) is 4.13. The summed E-state index contributed by atoms with van der Waals surface area (Å²) in [5.41, 5.74) is 4.60. The highest BCUT2D eigenvalue weighted by Gasteiger charge is 2.13. The summed E-state index contributed by atoms with van der Waals surface area (Å²) in [7, 11) is 0. The Labute approximate surface area is 204 Å². The van der Waals surface area contributed by atoms with Gasteiger partial charge in [-0.05, 0) is 64.8 Å². The number of anilines is 1. The van der Waals surface area contributed by atoms with Crippen molar-refractivity contribution in [3.05, 3.63) is 86.3 Å². The number of para-hydroxylation sites is 1. The van der Waals surface area contributed by atoms with Gasteiger partial charge in [0.1, 0.15) is 6.61 Å². The molecule has 0 unspecified atom stereocenters. The summed E-state index contributed by atoms with van der Waals surface area (Å²) in [5, 5.41) is 7.76. The maximum atomic E-state index is 12.0. The Morgan fingerprint density at radius 3 is 2.59 bits per heavy atom. The molecule has 0 atom stereocenters. The van der Waals surface area contributed by atoms with E-state index in [-0.39, 0.29) is 6.61 Å². The average molecular weight is 537 g/mol. The van der Waals surface area contributed by atoms with Crippen LogP contribution in [0.5, 0.6) is 11.5 Å². The van der Waals surface area contributed by atoms with Crippen LogP contribution >= 0.6 is 39.1 Å². The monoisotopic (exact) mass is 535 g/mol. The first-order valence-corrected chi connectivity index (χ1v) is 11.2. The zero-order chi connectivity index (χ0) is 22.9. The number of benzene rings is 3. The fourth-order valence-corrected chi connectivity index (χ4v) is 3.74. The van der Waals surface area contributed by atoms with Gasteiger partial charge in [0.05, 0.1) is 17.3 Å². The van der Waals surface area contributed by atoms with E-state index in [2.05, 4.69) is 31.8 Å². The van der Waals surface area contributed by atoms with Crippen LogP contribution in [0.25, 0.3) is 0 Å². The number of urea groups is 1. The van der Waals surface area contributed by atoms with E-state index in [1.165, 1.54) is 6.21 Å². The van der Waals surface area contributed by atoms with Gasteiger partial charge < -0.3 is 14.8 Å². The Balaban J connectivity index is 1.68. The van der Waals surface area contributed by atoms with Crippen molar-refractivity contribution in [3.63, 3.8) is 0 Å². The van der Waals surface area contributed by atoms with Crippen molar-refractivity contribution in [3.8, 4) is 11.5 Å². The standard InChI is InChI=1S/C23H20BrCl2N3O3/c1-2-31-21-11-15(13-27-29-23(30)28-18-6-4-3-5-7-18)10-19(24)22(21)32-14-16-8-9-17(25)12-20(16)26/h3-13H,2,14H2,1H3,(H2,28,29,30). The average Bonchev–Trinajstić information content (AvgIpc) is 2.75. The number of rotatable bonds is 8. The maximum absolute atomic E-state index is 12.0. The van der Waals surface area contributed by atoms with Crippen LogP contribution < -0.4 is 20.2 Å². The van der Waals surface area contributed by atoms with E-state index < -0.39 is 6.03 Å². The molecule has 3 aromatic carbocycles. The zero-order valence-electron chi connectivity index (χ0n) is 17.1. The zero-order valence-corrected chi connectivity index (χ0v) is 20.2. The molecule has 9 heteroatoms. The minimum atomic E-state index is -0.448. The predicted octanol–water partition coefficient (Wildman–Crippen LogP) is 6.89. The van der Waals surface area contributed by atoms with Crippen LogP contribution in [0.2, 0.25) is 10.0 Å². The van der Waals surface area contributed by atoms with E-state index in [9.17, 15) is 4.79 Å². The largest absolute Gasteiger partial charge is 0.490 e. The summed E-state index contributed by atoms with van der Waals surface area (Å²) in [6, 6.07) is 17.5. The summed E-state index contributed by atoms with van der Waals surface area (Å²) in [6.45, 7) is 2.57. The van der Waals surface area contributed by atoms with E-state index >= 15 is 0 Å². The molecule has 32 heavy (non-hydrogen) atoms. The lowest BCUT2D eigenvalue weighted by molar-refractivity contribution is 0.252. The summed E-state index contributed by atoms with van der Waals surface area (Å²) < 4.78 is 12.4. The third kappa shape index (κ3) is 6.88. The number of ether oxygens (including phenoxy) is 2. The molecule has 3 aromatic rings. The van der Waals surface area contributed by atoms with E-state index in [0.717, 1.165) is 5.56 Å². The molecule has 2 amide bonds. The molecular weight excluding hydrogens is 517 g/mol. The fourth-order valence-electron chi connectivity index (χ4n) is 2.70. The molecule has 0 spiro atoms. The molecular formula is C23H20BrCl2N3O3. The van der Waals surface area contributed by atoms with Gasteiger partial charge >= 0.3 is 6.03 Å². The predicted molar refractivity (Wildman–Crippen MR) is 132 cm³/mol. The van der Waals surface area contributed by atoms with Gasteiger partial charge in [-0.1, -0.05) is 47.5 Å². The molecule has 0 saturated heterocycles. The van der Waals surface area contributed by atoms with Gasteiger partial charge in [0.25, 0.3) is 0 Å². The minimum absolute atomic E-state index is 0.239. The number of carbonyl (C=O) groups excluding carboxylic acids is 1.